The molecule has 0 radical (unpaired) electrons. The molecule has 0 amide bonds. The second-order valence-corrected chi connectivity index (χ2v) is 4.30. The maximum absolute atomic E-state index is 10.1. The molecule has 0 saturated heterocycles. The predicted molar refractivity (Wildman–Crippen MR) is 67.9 cm³/mol. The van der Waals surface area contributed by atoms with E-state index in [1.54, 1.807) is 24.3 Å². The van der Waals surface area contributed by atoms with Gasteiger partial charge in [0.05, 0.1) is 11.4 Å². The summed E-state index contributed by atoms with van der Waals surface area (Å²) in [4.78, 5) is 8.41. The second-order valence-electron chi connectivity index (χ2n) is 4.30. The van der Waals surface area contributed by atoms with Crippen LogP contribution in [0.25, 0.3) is 0 Å². The van der Waals surface area contributed by atoms with Crippen molar-refractivity contribution >= 4 is 0 Å². The highest BCUT2D eigenvalue weighted by Gasteiger charge is 2.22. The van der Waals surface area contributed by atoms with Crippen LogP contribution in [0.3, 0.4) is 0 Å². The molecule has 18 heavy (non-hydrogen) atoms. The van der Waals surface area contributed by atoms with Gasteiger partial charge in [0.2, 0.25) is 0 Å². The summed E-state index contributed by atoms with van der Waals surface area (Å²) in [6.45, 7) is 3.68. The van der Waals surface area contributed by atoms with Gasteiger partial charge in [-0.25, -0.2) is 0 Å². The Morgan fingerprint density at radius 3 is 1.50 bits per heavy atom. The van der Waals surface area contributed by atoms with Crippen molar-refractivity contribution in [1.29, 1.82) is 0 Å². The Balaban J connectivity index is 2.26. The lowest BCUT2D eigenvalue weighted by Gasteiger charge is -2.17. The van der Waals surface area contributed by atoms with Crippen molar-refractivity contribution in [2.75, 3.05) is 0 Å². The third-order valence-corrected chi connectivity index (χ3v) is 2.72. The molecule has 2 heterocycles. The quantitative estimate of drug-likeness (QED) is 0.865. The first-order valence-electron chi connectivity index (χ1n) is 5.81. The van der Waals surface area contributed by atoms with Gasteiger partial charge in [0.15, 0.2) is 0 Å². The van der Waals surface area contributed by atoms with Crippen LogP contribution >= 0.6 is 0 Å². The maximum atomic E-state index is 10.1. The minimum absolute atomic E-state index is 0.450. The molecule has 0 aromatic carbocycles. The number of hydrogen-bond acceptors (Lipinski definition) is 4. The summed E-state index contributed by atoms with van der Waals surface area (Å²) in [6.07, 6.45) is -2.14. The molecule has 0 fully saturated rings. The molecule has 2 rings (SSSR count). The molecular formula is C14H16N2O2. The van der Waals surface area contributed by atoms with E-state index in [1.807, 2.05) is 26.0 Å². The highest BCUT2D eigenvalue weighted by molar-refractivity contribution is 5.18. The third kappa shape index (κ3) is 2.72. The van der Waals surface area contributed by atoms with Gasteiger partial charge in [-0.1, -0.05) is 12.1 Å². The molecule has 2 unspecified atom stereocenters. The fraction of sp³-hybridized carbons (Fsp3) is 0.286. The number of aliphatic hydroxyl groups excluding tert-OH is 2. The molecule has 2 aromatic rings. The molecule has 0 aliphatic carbocycles. The van der Waals surface area contributed by atoms with E-state index >= 15 is 0 Å². The van der Waals surface area contributed by atoms with E-state index in [9.17, 15) is 10.2 Å². The van der Waals surface area contributed by atoms with Crippen LogP contribution < -0.4 is 0 Å². The number of aliphatic hydroxyl groups is 2. The van der Waals surface area contributed by atoms with Crippen LogP contribution in [0.5, 0.6) is 0 Å². The number of nitrogens with zero attached hydrogens (tertiary/aromatic N) is 2. The van der Waals surface area contributed by atoms with Crippen LogP contribution in [-0.4, -0.2) is 20.2 Å². The summed E-state index contributed by atoms with van der Waals surface area (Å²) in [5, 5.41) is 20.2. The Kier molecular flexibility index (Phi) is 3.69. The molecule has 2 atom stereocenters. The van der Waals surface area contributed by atoms with E-state index in [4.69, 9.17) is 0 Å². The number of rotatable bonds is 3. The van der Waals surface area contributed by atoms with Crippen molar-refractivity contribution in [2.45, 2.75) is 26.1 Å². The average Bonchev–Trinajstić information content (AvgIpc) is 2.37. The SMILES string of the molecule is Cc1cccc(C(O)C(O)c2cccc(C)n2)n1. The molecule has 4 nitrogen and oxygen atoms in total. The van der Waals surface area contributed by atoms with Crippen molar-refractivity contribution in [1.82, 2.24) is 9.97 Å². The Bertz CT molecular complexity index is 493. The Hall–Kier alpha value is -1.78. The minimum atomic E-state index is -1.07. The normalized spacial score (nSPS) is 14.2. The summed E-state index contributed by atoms with van der Waals surface area (Å²) in [5.41, 5.74) is 2.50. The lowest BCUT2D eigenvalue weighted by Crippen LogP contribution is -2.13. The van der Waals surface area contributed by atoms with E-state index in [2.05, 4.69) is 9.97 Å². The molecule has 0 aliphatic heterocycles. The maximum Gasteiger partial charge on any atom is 0.127 e. The summed E-state index contributed by atoms with van der Waals surface area (Å²) in [5.74, 6) is 0. The summed E-state index contributed by atoms with van der Waals surface area (Å²) in [7, 11) is 0. The van der Waals surface area contributed by atoms with Crippen LogP contribution in [0, 0.1) is 13.8 Å². The predicted octanol–water partition coefficient (Wildman–Crippen LogP) is 1.86. The first-order chi connectivity index (χ1) is 8.58. The highest BCUT2D eigenvalue weighted by Crippen LogP contribution is 2.26. The summed E-state index contributed by atoms with van der Waals surface area (Å²) in [6, 6.07) is 10.7. The van der Waals surface area contributed by atoms with Crippen LogP contribution in [0.1, 0.15) is 35.0 Å². The average molecular weight is 244 g/mol. The molecule has 0 bridgehead atoms. The van der Waals surface area contributed by atoms with Gasteiger partial charge in [-0.2, -0.15) is 0 Å². The first kappa shape index (κ1) is 12.7. The van der Waals surface area contributed by atoms with Crippen LogP contribution in [-0.2, 0) is 0 Å². The van der Waals surface area contributed by atoms with Crippen molar-refractivity contribution in [3.05, 3.63) is 59.2 Å². The molecule has 4 heteroatoms. The van der Waals surface area contributed by atoms with Crippen LogP contribution in [0.4, 0.5) is 0 Å². The monoisotopic (exact) mass is 244 g/mol. The van der Waals surface area contributed by atoms with Gasteiger partial charge >= 0.3 is 0 Å². The standard InChI is InChI=1S/C14H16N2O2/c1-9-5-3-7-11(15-9)13(17)14(18)12-8-4-6-10(2)16-12/h3-8,13-14,17-18H,1-2H3. The fourth-order valence-electron chi connectivity index (χ4n) is 1.78. The van der Waals surface area contributed by atoms with Crippen molar-refractivity contribution in [3.63, 3.8) is 0 Å². The van der Waals surface area contributed by atoms with E-state index in [-0.39, 0.29) is 0 Å². The number of aryl methyl sites for hydroxylation is 2. The molecule has 0 saturated carbocycles. The highest BCUT2D eigenvalue weighted by atomic mass is 16.3. The summed E-state index contributed by atoms with van der Waals surface area (Å²) < 4.78 is 0. The van der Waals surface area contributed by atoms with Gasteiger partial charge in [-0.05, 0) is 38.1 Å². The van der Waals surface area contributed by atoms with Gasteiger partial charge < -0.3 is 10.2 Å². The van der Waals surface area contributed by atoms with Crippen molar-refractivity contribution in [2.24, 2.45) is 0 Å². The second kappa shape index (κ2) is 5.25. The van der Waals surface area contributed by atoms with Crippen molar-refractivity contribution in [3.8, 4) is 0 Å². The minimum Gasteiger partial charge on any atom is -0.384 e. The number of hydrogen-bond donors (Lipinski definition) is 2. The zero-order valence-electron chi connectivity index (χ0n) is 10.4. The van der Waals surface area contributed by atoms with Crippen molar-refractivity contribution < 1.29 is 10.2 Å². The van der Waals surface area contributed by atoms with Gasteiger partial charge in [-0.3, -0.25) is 9.97 Å². The van der Waals surface area contributed by atoms with Gasteiger partial charge in [0.1, 0.15) is 12.2 Å². The number of pyridine rings is 2. The van der Waals surface area contributed by atoms with E-state index in [0.717, 1.165) is 11.4 Å². The third-order valence-electron chi connectivity index (χ3n) is 2.72. The Morgan fingerprint density at radius 1 is 0.778 bits per heavy atom. The zero-order valence-corrected chi connectivity index (χ0v) is 10.4. The van der Waals surface area contributed by atoms with Gasteiger partial charge in [0, 0.05) is 11.4 Å². The zero-order chi connectivity index (χ0) is 13.1. The Morgan fingerprint density at radius 2 is 1.17 bits per heavy atom. The van der Waals surface area contributed by atoms with Crippen LogP contribution in [0.2, 0.25) is 0 Å². The van der Waals surface area contributed by atoms with E-state index in [0.29, 0.717) is 11.4 Å². The van der Waals surface area contributed by atoms with E-state index in [1.165, 1.54) is 0 Å². The van der Waals surface area contributed by atoms with Gasteiger partial charge in [-0.15, -0.1) is 0 Å². The smallest absolute Gasteiger partial charge is 0.127 e. The molecule has 2 aromatic heterocycles. The summed E-state index contributed by atoms with van der Waals surface area (Å²) >= 11 is 0. The number of aromatic nitrogens is 2. The fourth-order valence-corrected chi connectivity index (χ4v) is 1.78. The lowest BCUT2D eigenvalue weighted by atomic mass is 10.1. The molecular weight excluding hydrogens is 228 g/mol. The van der Waals surface area contributed by atoms with Crippen LogP contribution in [0.15, 0.2) is 36.4 Å². The topological polar surface area (TPSA) is 66.2 Å². The molecule has 0 aliphatic rings. The lowest BCUT2D eigenvalue weighted by molar-refractivity contribution is 0.0119. The Labute approximate surface area is 106 Å². The van der Waals surface area contributed by atoms with E-state index < -0.39 is 12.2 Å². The molecule has 2 N–H and O–H groups in total. The van der Waals surface area contributed by atoms with Gasteiger partial charge in [0.25, 0.3) is 0 Å². The first-order valence-corrected chi connectivity index (χ1v) is 5.81. The molecule has 0 spiro atoms. The molecule has 94 valence electrons. The largest absolute Gasteiger partial charge is 0.384 e.